The first-order valence-corrected chi connectivity index (χ1v) is 22.1. The largest absolute Gasteiger partial charge is 0.465 e. The highest BCUT2D eigenvalue weighted by Crippen LogP contribution is 2.39. The summed E-state index contributed by atoms with van der Waals surface area (Å²) in [5, 5.41) is 0. The topological polar surface area (TPSA) is 105 Å². The quantitative estimate of drug-likeness (QED) is 0.0267. The Bertz CT molecular complexity index is 798. The molecular formula is C44H82O8. The second-order valence-electron chi connectivity index (χ2n) is 14.9. The van der Waals surface area contributed by atoms with Crippen LogP contribution in [0.5, 0.6) is 0 Å². The molecule has 8 heteroatoms. The first kappa shape index (κ1) is 49.9. The van der Waals surface area contributed by atoms with Gasteiger partial charge in [-0.15, -0.1) is 0 Å². The van der Waals surface area contributed by atoms with E-state index >= 15 is 0 Å². The maximum Gasteiger partial charge on any atom is 0.336 e. The van der Waals surface area contributed by atoms with Crippen molar-refractivity contribution >= 4 is 23.9 Å². The van der Waals surface area contributed by atoms with Crippen LogP contribution in [0.25, 0.3) is 0 Å². The molecule has 0 heterocycles. The van der Waals surface area contributed by atoms with Gasteiger partial charge in [-0.3, -0.25) is 19.2 Å². The maximum absolute atomic E-state index is 14.4. The molecule has 0 rings (SSSR count). The Kier molecular flexibility index (Phi) is 34.4. The Labute approximate surface area is 320 Å². The molecular weight excluding hydrogens is 656 g/mol. The van der Waals surface area contributed by atoms with Crippen molar-refractivity contribution < 1.29 is 38.1 Å². The van der Waals surface area contributed by atoms with Gasteiger partial charge in [0.2, 0.25) is 0 Å². The third-order valence-corrected chi connectivity index (χ3v) is 10.1. The van der Waals surface area contributed by atoms with Gasteiger partial charge < -0.3 is 18.9 Å². The highest BCUT2D eigenvalue weighted by Gasteiger charge is 2.65. The van der Waals surface area contributed by atoms with Crippen LogP contribution in [0.3, 0.4) is 0 Å². The SMILES string of the molecule is CCCCCCCCOC(=O)C(CCCCCC)C(C(=O)OCCCCCCCC)(C(=O)OCCCCCCCC)C(=O)OCCCCCCCC. The zero-order chi connectivity index (χ0) is 38.5. The molecule has 306 valence electrons. The highest BCUT2D eigenvalue weighted by atomic mass is 16.6. The molecule has 0 fully saturated rings. The molecule has 0 saturated heterocycles. The molecule has 0 aromatic rings. The van der Waals surface area contributed by atoms with Gasteiger partial charge in [0.1, 0.15) is 0 Å². The van der Waals surface area contributed by atoms with Crippen LogP contribution in [-0.2, 0) is 38.1 Å². The molecule has 0 aromatic heterocycles. The standard InChI is InChI=1S/C44H82O8/c1-6-11-16-21-25-30-35-49-40(45)39(34-29-20-15-10-5)44(41(46)50-36-31-26-22-17-12-7-2,42(47)51-37-32-27-23-18-13-8-3)43(48)52-38-33-28-24-19-14-9-4/h39H,6-38H2,1-5H3. The minimum Gasteiger partial charge on any atom is -0.465 e. The van der Waals surface area contributed by atoms with E-state index in [1.165, 1.54) is 6.42 Å². The molecule has 0 amide bonds. The molecule has 0 saturated carbocycles. The van der Waals surface area contributed by atoms with Crippen LogP contribution in [0.15, 0.2) is 0 Å². The number of hydrogen-bond acceptors (Lipinski definition) is 8. The molecule has 1 unspecified atom stereocenters. The first-order valence-electron chi connectivity index (χ1n) is 22.1. The fourth-order valence-electron chi connectivity index (χ4n) is 6.60. The monoisotopic (exact) mass is 739 g/mol. The van der Waals surface area contributed by atoms with E-state index in [2.05, 4.69) is 34.6 Å². The van der Waals surface area contributed by atoms with Crippen molar-refractivity contribution in [1.29, 1.82) is 0 Å². The van der Waals surface area contributed by atoms with Crippen LogP contribution in [0, 0.1) is 11.3 Å². The van der Waals surface area contributed by atoms with Crippen molar-refractivity contribution in [3.8, 4) is 0 Å². The van der Waals surface area contributed by atoms with Gasteiger partial charge in [-0.2, -0.15) is 0 Å². The zero-order valence-electron chi connectivity index (χ0n) is 34.7. The van der Waals surface area contributed by atoms with Gasteiger partial charge >= 0.3 is 23.9 Å². The van der Waals surface area contributed by atoms with Crippen molar-refractivity contribution in [3.05, 3.63) is 0 Å². The highest BCUT2D eigenvalue weighted by molar-refractivity contribution is 6.20. The third kappa shape index (κ3) is 22.8. The second kappa shape index (κ2) is 35.9. The van der Waals surface area contributed by atoms with E-state index in [0.717, 1.165) is 141 Å². The van der Waals surface area contributed by atoms with Crippen molar-refractivity contribution in [2.24, 2.45) is 11.3 Å². The minimum absolute atomic E-state index is 0.0531. The molecule has 52 heavy (non-hydrogen) atoms. The molecule has 0 aliphatic rings. The van der Waals surface area contributed by atoms with E-state index in [9.17, 15) is 19.2 Å². The Morgan fingerprint density at radius 3 is 0.904 bits per heavy atom. The van der Waals surface area contributed by atoms with Gasteiger partial charge in [0.05, 0.1) is 32.3 Å². The van der Waals surface area contributed by atoms with Crippen LogP contribution in [0.4, 0.5) is 0 Å². The van der Waals surface area contributed by atoms with Gasteiger partial charge in [0, 0.05) is 0 Å². The average Bonchev–Trinajstić information content (AvgIpc) is 3.14. The van der Waals surface area contributed by atoms with Crippen LogP contribution >= 0.6 is 0 Å². The zero-order valence-corrected chi connectivity index (χ0v) is 34.7. The molecule has 0 radical (unpaired) electrons. The number of esters is 4. The summed E-state index contributed by atoms with van der Waals surface area (Å²) in [7, 11) is 0. The molecule has 0 bridgehead atoms. The summed E-state index contributed by atoms with van der Waals surface area (Å²) >= 11 is 0. The lowest BCUT2D eigenvalue weighted by atomic mass is 9.72. The van der Waals surface area contributed by atoms with E-state index in [1.54, 1.807) is 0 Å². The number of unbranched alkanes of at least 4 members (excludes halogenated alkanes) is 23. The van der Waals surface area contributed by atoms with Gasteiger partial charge in [-0.25, -0.2) is 0 Å². The van der Waals surface area contributed by atoms with Crippen LogP contribution in [-0.4, -0.2) is 50.3 Å². The summed E-state index contributed by atoms with van der Waals surface area (Å²) in [5.74, 6) is -5.25. The molecule has 0 aromatic carbocycles. The van der Waals surface area contributed by atoms with E-state index in [0.29, 0.717) is 32.1 Å². The number of rotatable bonds is 38. The fourth-order valence-corrected chi connectivity index (χ4v) is 6.60. The second-order valence-corrected chi connectivity index (χ2v) is 14.9. The Balaban J connectivity index is 6.43. The van der Waals surface area contributed by atoms with Gasteiger partial charge in [-0.05, 0) is 32.1 Å². The Morgan fingerprint density at radius 2 is 0.596 bits per heavy atom. The molecule has 0 aliphatic carbocycles. The lowest BCUT2D eigenvalue weighted by molar-refractivity contribution is -0.195. The number of hydrogen-bond donors (Lipinski definition) is 0. The van der Waals surface area contributed by atoms with E-state index < -0.39 is 35.2 Å². The van der Waals surface area contributed by atoms with Crippen molar-refractivity contribution in [2.75, 3.05) is 26.4 Å². The lowest BCUT2D eigenvalue weighted by Gasteiger charge is -2.33. The third-order valence-electron chi connectivity index (χ3n) is 10.1. The van der Waals surface area contributed by atoms with Crippen molar-refractivity contribution in [1.82, 2.24) is 0 Å². The van der Waals surface area contributed by atoms with Crippen molar-refractivity contribution in [2.45, 2.75) is 221 Å². The van der Waals surface area contributed by atoms with Crippen LogP contribution < -0.4 is 0 Å². The van der Waals surface area contributed by atoms with E-state index in [-0.39, 0.29) is 32.8 Å². The number of carbonyl (C=O) groups is 4. The van der Waals surface area contributed by atoms with E-state index in [4.69, 9.17) is 18.9 Å². The average molecular weight is 739 g/mol. The summed E-state index contributed by atoms with van der Waals surface area (Å²) in [5.41, 5.74) is -2.57. The van der Waals surface area contributed by atoms with Gasteiger partial charge in [0.25, 0.3) is 5.41 Å². The van der Waals surface area contributed by atoms with Crippen molar-refractivity contribution in [3.63, 3.8) is 0 Å². The minimum atomic E-state index is -2.57. The van der Waals surface area contributed by atoms with Crippen LogP contribution in [0.2, 0.25) is 0 Å². The van der Waals surface area contributed by atoms with Gasteiger partial charge in [0.15, 0.2) is 0 Å². The molecule has 0 N–H and O–H groups in total. The predicted molar refractivity (Wildman–Crippen MR) is 212 cm³/mol. The fraction of sp³-hybridized carbons (Fsp3) is 0.909. The summed E-state index contributed by atoms with van der Waals surface area (Å²) in [6, 6.07) is 0. The summed E-state index contributed by atoms with van der Waals surface area (Å²) < 4.78 is 23.2. The molecule has 0 spiro atoms. The maximum atomic E-state index is 14.4. The molecule has 1 atom stereocenters. The lowest BCUT2D eigenvalue weighted by Crippen LogP contribution is -2.57. The van der Waals surface area contributed by atoms with Crippen LogP contribution in [0.1, 0.15) is 221 Å². The Morgan fingerprint density at radius 1 is 0.346 bits per heavy atom. The molecule has 0 aliphatic heterocycles. The smallest absolute Gasteiger partial charge is 0.336 e. The summed E-state index contributed by atoms with van der Waals surface area (Å²) in [6.07, 6.45) is 27.1. The normalized spacial score (nSPS) is 12.0. The number of ether oxygens (including phenoxy) is 4. The molecule has 8 nitrogen and oxygen atoms in total. The van der Waals surface area contributed by atoms with Gasteiger partial charge in [-0.1, -0.05) is 189 Å². The van der Waals surface area contributed by atoms with E-state index in [1.807, 2.05) is 0 Å². The Hall–Kier alpha value is -2.12. The summed E-state index contributed by atoms with van der Waals surface area (Å²) in [6.45, 7) is 11.1. The predicted octanol–water partition coefficient (Wildman–Crippen LogP) is 12.2. The number of carbonyl (C=O) groups excluding carboxylic acids is 4. The summed E-state index contributed by atoms with van der Waals surface area (Å²) in [4.78, 5) is 57.2. The first-order chi connectivity index (χ1) is 25.4.